The normalized spacial score (nSPS) is 10.5. The Kier molecular flexibility index (Phi) is 4.41. The Morgan fingerprint density at radius 1 is 1.47 bits per heavy atom. The summed E-state index contributed by atoms with van der Waals surface area (Å²) in [6.45, 7) is 0. The molecular formula is C12H14O3. The third-order valence-corrected chi connectivity index (χ3v) is 1.95. The van der Waals surface area contributed by atoms with Gasteiger partial charge >= 0.3 is 5.97 Å². The van der Waals surface area contributed by atoms with E-state index in [-0.39, 0.29) is 6.42 Å². The third kappa shape index (κ3) is 4.31. The highest BCUT2D eigenvalue weighted by molar-refractivity contribution is 5.68. The molecule has 3 nitrogen and oxygen atoms in total. The number of carbonyl (C=O) groups is 1. The summed E-state index contributed by atoms with van der Waals surface area (Å²) in [7, 11) is 1.62. The average molecular weight is 206 g/mol. The molecule has 0 aliphatic heterocycles. The van der Waals surface area contributed by atoms with E-state index in [1.807, 2.05) is 30.3 Å². The van der Waals surface area contributed by atoms with Crippen LogP contribution in [0.15, 0.2) is 36.4 Å². The standard InChI is InChI=1S/C12H14O3/c1-15-11-7-4-6-10(9-11)5-2-3-8-12(13)14/h2-4,6-7,9H,5,8H2,1H3,(H,13,14)/b3-2-. The van der Waals surface area contributed by atoms with Crippen molar-refractivity contribution in [2.45, 2.75) is 12.8 Å². The minimum atomic E-state index is -0.808. The summed E-state index contributed by atoms with van der Waals surface area (Å²) in [5, 5.41) is 8.42. The van der Waals surface area contributed by atoms with Crippen LogP contribution in [0.5, 0.6) is 5.75 Å². The lowest BCUT2D eigenvalue weighted by molar-refractivity contribution is -0.136. The molecule has 0 unspecified atom stereocenters. The van der Waals surface area contributed by atoms with Crippen molar-refractivity contribution in [1.82, 2.24) is 0 Å². The van der Waals surface area contributed by atoms with Crippen molar-refractivity contribution in [3.8, 4) is 5.75 Å². The third-order valence-electron chi connectivity index (χ3n) is 1.95. The molecule has 1 N–H and O–H groups in total. The summed E-state index contributed by atoms with van der Waals surface area (Å²) in [4.78, 5) is 10.2. The topological polar surface area (TPSA) is 46.5 Å². The number of benzene rings is 1. The smallest absolute Gasteiger partial charge is 0.307 e. The molecule has 0 atom stereocenters. The van der Waals surface area contributed by atoms with Crippen molar-refractivity contribution in [1.29, 1.82) is 0 Å². The summed E-state index contributed by atoms with van der Waals surface area (Å²) < 4.78 is 5.08. The maximum Gasteiger partial charge on any atom is 0.307 e. The predicted octanol–water partition coefficient (Wildman–Crippen LogP) is 2.27. The van der Waals surface area contributed by atoms with Crippen LogP contribution < -0.4 is 4.74 Å². The maximum absolute atomic E-state index is 10.2. The van der Waals surface area contributed by atoms with Gasteiger partial charge in [-0.05, 0) is 24.1 Å². The Morgan fingerprint density at radius 3 is 2.93 bits per heavy atom. The van der Waals surface area contributed by atoms with Crippen molar-refractivity contribution < 1.29 is 14.6 Å². The van der Waals surface area contributed by atoms with Gasteiger partial charge in [-0.1, -0.05) is 24.3 Å². The van der Waals surface area contributed by atoms with Gasteiger partial charge in [0.15, 0.2) is 0 Å². The average Bonchev–Trinajstić information content (AvgIpc) is 2.24. The Hall–Kier alpha value is -1.77. The Labute approximate surface area is 89.0 Å². The van der Waals surface area contributed by atoms with Gasteiger partial charge in [-0.15, -0.1) is 0 Å². The van der Waals surface area contributed by atoms with Gasteiger partial charge in [0.1, 0.15) is 5.75 Å². The first-order chi connectivity index (χ1) is 7.22. The van der Waals surface area contributed by atoms with Gasteiger partial charge in [0.2, 0.25) is 0 Å². The maximum atomic E-state index is 10.2. The molecule has 15 heavy (non-hydrogen) atoms. The van der Waals surface area contributed by atoms with Gasteiger partial charge in [-0.25, -0.2) is 0 Å². The number of carboxylic acids is 1. The van der Waals surface area contributed by atoms with Crippen LogP contribution in [-0.2, 0) is 11.2 Å². The first kappa shape index (κ1) is 11.3. The fourth-order valence-electron chi connectivity index (χ4n) is 1.20. The van der Waals surface area contributed by atoms with Crippen molar-refractivity contribution in [3.05, 3.63) is 42.0 Å². The number of methoxy groups -OCH3 is 1. The molecule has 0 bridgehead atoms. The van der Waals surface area contributed by atoms with Gasteiger partial charge in [-0.2, -0.15) is 0 Å². The highest BCUT2D eigenvalue weighted by atomic mass is 16.5. The van der Waals surface area contributed by atoms with Crippen LogP contribution in [0.2, 0.25) is 0 Å². The van der Waals surface area contributed by atoms with E-state index in [0.29, 0.717) is 0 Å². The van der Waals surface area contributed by atoms with E-state index < -0.39 is 5.97 Å². The van der Waals surface area contributed by atoms with Crippen molar-refractivity contribution in [2.24, 2.45) is 0 Å². The molecule has 1 rings (SSSR count). The first-order valence-corrected chi connectivity index (χ1v) is 4.72. The number of carboxylic acid groups (broad SMARTS) is 1. The van der Waals surface area contributed by atoms with Crippen LogP contribution >= 0.6 is 0 Å². The lowest BCUT2D eigenvalue weighted by Gasteiger charge is -2.01. The van der Waals surface area contributed by atoms with Gasteiger partial charge in [0.05, 0.1) is 13.5 Å². The van der Waals surface area contributed by atoms with Gasteiger partial charge in [-0.3, -0.25) is 4.79 Å². The van der Waals surface area contributed by atoms with Crippen LogP contribution in [0.4, 0.5) is 0 Å². The second kappa shape index (κ2) is 5.86. The number of aliphatic carboxylic acids is 1. The van der Waals surface area contributed by atoms with E-state index in [0.717, 1.165) is 17.7 Å². The second-order valence-corrected chi connectivity index (χ2v) is 3.12. The van der Waals surface area contributed by atoms with E-state index >= 15 is 0 Å². The summed E-state index contributed by atoms with van der Waals surface area (Å²) >= 11 is 0. The minimum Gasteiger partial charge on any atom is -0.497 e. The van der Waals surface area contributed by atoms with E-state index in [9.17, 15) is 4.79 Å². The Morgan fingerprint density at radius 2 is 2.27 bits per heavy atom. The van der Waals surface area contributed by atoms with Gasteiger partial charge in [0, 0.05) is 0 Å². The Balaban J connectivity index is 2.50. The quantitative estimate of drug-likeness (QED) is 0.752. The molecule has 0 saturated carbocycles. The summed E-state index contributed by atoms with van der Waals surface area (Å²) in [6, 6.07) is 7.71. The van der Waals surface area contributed by atoms with E-state index in [1.165, 1.54) is 0 Å². The zero-order chi connectivity index (χ0) is 11.1. The lowest BCUT2D eigenvalue weighted by Crippen LogP contribution is -1.90. The molecule has 0 aliphatic carbocycles. The zero-order valence-corrected chi connectivity index (χ0v) is 8.64. The molecule has 0 aliphatic rings. The molecule has 0 amide bonds. The molecular weight excluding hydrogens is 192 g/mol. The number of hydrogen-bond acceptors (Lipinski definition) is 2. The number of allylic oxidation sites excluding steroid dienone is 1. The lowest BCUT2D eigenvalue weighted by atomic mass is 10.1. The van der Waals surface area contributed by atoms with Gasteiger partial charge in [0.25, 0.3) is 0 Å². The fourth-order valence-corrected chi connectivity index (χ4v) is 1.20. The molecule has 0 aromatic heterocycles. The zero-order valence-electron chi connectivity index (χ0n) is 8.64. The highest BCUT2D eigenvalue weighted by Crippen LogP contribution is 2.13. The fraction of sp³-hybridized carbons (Fsp3) is 0.250. The van der Waals surface area contributed by atoms with Crippen LogP contribution in [0.1, 0.15) is 12.0 Å². The van der Waals surface area contributed by atoms with Crippen molar-refractivity contribution in [3.63, 3.8) is 0 Å². The van der Waals surface area contributed by atoms with Gasteiger partial charge < -0.3 is 9.84 Å². The largest absolute Gasteiger partial charge is 0.497 e. The first-order valence-electron chi connectivity index (χ1n) is 4.72. The van der Waals surface area contributed by atoms with Crippen LogP contribution in [0, 0.1) is 0 Å². The highest BCUT2D eigenvalue weighted by Gasteiger charge is 1.93. The van der Waals surface area contributed by atoms with E-state index in [4.69, 9.17) is 9.84 Å². The van der Waals surface area contributed by atoms with Crippen molar-refractivity contribution in [2.75, 3.05) is 7.11 Å². The molecule has 0 fully saturated rings. The molecule has 0 radical (unpaired) electrons. The molecule has 0 spiro atoms. The minimum absolute atomic E-state index is 0.0734. The van der Waals surface area contributed by atoms with Crippen molar-refractivity contribution >= 4 is 5.97 Å². The van der Waals surface area contributed by atoms with Crippen LogP contribution in [0.25, 0.3) is 0 Å². The van der Waals surface area contributed by atoms with E-state index in [2.05, 4.69) is 0 Å². The predicted molar refractivity (Wildman–Crippen MR) is 58.1 cm³/mol. The molecule has 3 heteroatoms. The molecule has 1 aromatic rings. The number of hydrogen-bond donors (Lipinski definition) is 1. The summed E-state index contributed by atoms with van der Waals surface area (Å²) in [5.74, 6) is 0.0102. The molecule has 0 saturated heterocycles. The number of ether oxygens (including phenoxy) is 1. The molecule has 0 heterocycles. The monoisotopic (exact) mass is 206 g/mol. The molecule has 80 valence electrons. The summed E-state index contributed by atoms with van der Waals surface area (Å²) in [5.41, 5.74) is 1.11. The summed E-state index contributed by atoms with van der Waals surface area (Å²) in [6.07, 6.45) is 4.30. The van der Waals surface area contributed by atoms with E-state index in [1.54, 1.807) is 13.2 Å². The Bertz CT molecular complexity index is 356. The van der Waals surface area contributed by atoms with Crippen LogP contribution in [-0.4, -0.2) is 18.2 Å². The molecule has 1 aromatic carbocycles. The number of rotatable bonds is 5. The van der Waals surface area contributed by atoms with Crippen LogP contribution in [0.3, 0.4) is 0 Å². The second-order valence-electron chi connectivity index (χ2n) is 3.12. The SMILES string of the molecule is COc1cccc(C/C=C\CC(=O)O)c1.